The van der Waals surface area contributed by atoms with Crippen LogP contribution in [0.15, 0.2) is 48.5 Å². The molecule has 0 radical (unpaired) electrons. The lowest BCUT2D eigenvalue weighted by Gasteiger charge is -2.15. The Morgan fingerprint density at radius 1 is 1.15 bits per heavy atom. The number of aryl methyl sites for hydroxylation is 1. The summed E-state index contributed by atoms with van der Waals surface area (Å²) >= 11 is 0. The number of ether oxygens (including phenoxy) is 1. The van der Waals surface area contributed by atoms with E-state index in [0.29, 0.717) is 31.7 Å². The van der Waals surface area contributed by atoms with Crippen LogP contribution in [0.1, 0.15) is 34.3 Å². The van der Waals surface area contributed by atoms with E-state index in [9.17, 15) is 9.59 Å². The van der Waals surface area contributed by atoms with Crippen molar-refractivity contribution in [2.24, 2.45) is 0 Å². The summed E-state index contributed by atoms with van der Waals surface area (Å²) < 4.78 is 5.67. The number of rotatable bonds is 7. The highest BCUT2D eigenvalue weighted by Gasteiger charge is 2.19. The average molecular weight is 352 g/mol. The van der Waals surface area contributed by atoms with Gasteiger partial charge in [-0.3, -0.25) is 9.59 Å². The zero-order valence-electron chi connectivity index (χ0n) is 15.0. The van der Waals surface area contributed by atoms with Gasteiger partial charge in [-0.1, -0.05) is 30.3 Å². The first-order chi connectivity index (χ1) is 12.6. The van der Waals surface area contributed by atoms with Gasteiger partial charge in [0.05, 0.1) is 6.54 Å². The van der Waals surface area contributed by atoms with Crippen LogP contribution in [0.2, 0.25) is 0 Å². The smallest absolute Gasteiger partial charge is 0.251 e. The molecule has 1 heterocycles. The molecule has 0 unspecified atom stereocenters. The second kappa shape index (κ2) is 8.52. The fourth-order valence-electron chi connectivity index (χ4n) is 3.00. The zero-order valence-corrected chi connectivity index (χ0v) is 15.0. The van der Waals surface area contributed by atoms with Gasteiger partial charge in [0.2, 0.25) is 5.91 Å². The van der Waals surface area contributed by atoms with E-state index in [4.69, 9.17) is 4.74 Å². The third-order valence-corrected chi connectivity index (χ3v) is 4.50. The lowest BCUT2D eigenvalue weighted by Crippen LogP contribution is -2.28. The maximum Gasteiger partial charge on any atom is 0.251 e. The number of carbonyl (C=O) groups is 2. The highest BCUT2D eigenvalue weighted by atomic mass is 16.5. The molecular formula is C21H24N2O3. The maximum atomic E-state index is 12.2. The van der Waals surface area contributed by atoms with Crippen LogP contribution in [-0.2, 0) is 11.3 Å². The van der Waals surface area contributed by atoms with Crippen molar-refractivity contribution in [1.29, 1.82) is 0 Å². The molecular weight excluding hydrogens is 328 g/mol. The third kappa shape index (κ3) is 4.63. The summed E-state index contributed by atoms with van der Waals surface area (Å²) in [6.07, 6.45) is 1.58. The second-order valence-corrected chi connectivity index (χ2v) is 6.49. The standard InChI is InChI=1S/C21H24N2O3/c1-16-5-2-3-6-19(16)26-14-12-22-21(25)18-10-8-17(9-11-18)15-23-13-4-7-20(23)24/h2-3,5-6,8-11H,4,7,12-15H2,1H3,(H,22,25). The van der Waals surface area contributed by atoms with E-state index >= 15 is 0 Å². The molecule has 5 heteroatoms. The van der Waals surface area contributed by atoms with E-state index in [-0.39, 0.29) is 11.8 Å². The molecule has 1 aliphatic heterocycles. The van der Waals surface area contributed by atoms with Gasteiger partial charge in [-0.15, -0.1) is 0 Å². The van der Waals surface area contributed by atoms with E-state index in [2.05, 4.69) is 5.32 Å². The van der Waals surface area contributed by atoms with Gasteiger partial charge in [-0.05, 0) is 42.7 Å². The van der Waals surface area contributed by atoms with Crippen LogP contribution in [0.3, 0.4) is 0 Å². The molecule has 0 bridgehead atoms. The number of likely N-dealkylation sites (tertiary alicyclic amines) is 1. The Morgan fingerprint density at radius 3 is 2.62 bits per heavy atom. The quantitative estimate of drug-likeness (QED) is 0.780. The van der Waals surface area contributed by atoms with Crippen LogP contribution in [0.4, 0.5) is 0 Å². The van der Waals surface area contributed by atoms with Crippen LogP contribution in [0.5, 0.6) is 5.75 Å². The highest BCUT2D eigenvalue weighted by Crippen LogP contribution is 2.16. The Kier molecular flexibility index (Phi) is 5.89. The van der Waals surface area contributed by atoms with E-state index in [1.807, 2.05) is 48.2 Å². The van der Waals surface area contributed by atoms with Crippen molar-refractivity contribution in [2.45, 2.75) is 26.3 Å². The Bertz CT molecular complexity index is 771. The number of nitrogens with zero attached hydrogens (tertiary/aromatic N) is 1. The molecule has 2 aromatic rings. The van der Waals surface area contributed by atoms with Crippen molar-refractivity contribution in [3.05, 3.63) is 65.2 Å². The van der Waals surface area contributed by atoms with E-state index in [0.717, 1.165) is 29.8 Å². The van der Waals surface area contributed by atoms with Gasteiger partial charge in [0.1, 0.15) is 12.4 Å². The minimum absolute atomic E-state index is 0.123. The summed E-state index contributed by atoms with van der Waals surface area (Å²) in [7, 11) is 0. The van der Waals surface area contributed by atoms with Gasteiger partial charge in [0.25, 0.3) is 5.91 Å². The molecule has 1 aliphatic rings. The number of benzene rings is 2. The summed E-state index contributed by atoms with van der Waals surface area (Å²) in [6.45, 7) is 4.29. The number of hydrogen-bond donors (Lipinski definition) is 1. The molecule has 1 fully saturated rings. The topological polar surface area (TPSA) is 58.6 Å². The highest BCUT2D eigenvalue weighted by molar-refractivity contribution is 5.94. The fraction of sp³-hybridized carbons (Fsp3) is 0.333. The molecule has 1 saturated heterocycles. The van der Waals surface area contributed by atoms with Gasteiger partial charge < -0.3 is 15.0 Å². The first kappa shape index (κ1) is 18.0. The number of carbonyl (C=O) groups excluding carboxylic acids is 2. The van der Waals surface area contributed by atoms with Crippen LogP contribution in [0.25, 0.3) is 0 Å². The Morgan fingerprint density at radius 2 is 1.92 bits per heavy atom. The van der Waals surface area contributed by atoms with E-state index in [1.165, 1.54) is 0 Å². The third-order valence-electron chi connectivity index (χ3n) is 4.50. The van der Waals surface area contributed by atoms with Crippen molar-refractivity contribution >= 4 is 11.8 Å². The predicted octanol–water partition coefficient (Wildman–Crippen LogP) is 2.93. The minimum atomic E-state index is -0.123. The van der Waals surface area contributed by atoms with Crippen molar-refractivity contribution in [1.82, 2.24) is 10.2 Å². The van der Waals surface area contributed by atoms with Gasteiger partial charge in [0, 0.05) is 25.1 Å². The summed E-state index contributed by atoms with van der Waals surface area (Å²) in [5.74, 6) is 0.921. The van der Waals surface area contributed by atoms with Crippen LogP contribution < -0.4 is 10.1 Å². The minimum Gasteiger partial charge on any atom is -0.491 e. The summed E-state index contributed by atoms with van der Waals surface area (Å²) in [5, 5.41) is 2.86. The number of hydrogen-bond acceptors (Lipinski definition) is 3. The molecule has 2 amide bonds. The number of amides is 2. The van der Waals surface area contributed by atoms with Crippen molar-refractivity contribution in [2.75, 3.05) is 19.7 Å². The van der Waals surface area contributed by atoms with Gasteiger partial charge >= 0.3 is 0 Å². The van der Waals surface area contributed by atoms with Gasteiger partial charge in [0.15, 0.2) is 0 Å². The number of para-hydroxylation sites is 1. The van der Waals surface area contributed by atoms with Gasteiger partial charge in [-0.25, -0.2) is 0 Å². The molecule has 0 atom stereocenters. The summed E-state index contributed by atoms with van der Waals surface area (Å²) in [5.41, 5.74) is 2.72. The molecule has 1 N–H and O–H groups in total. The molecule has 3 rings (SSSR count). The molecule has 2 aromatic carbocycles. The Labute approximate surface area is 154 Å². The van der Waals surface area contributed by atoms with Crippen molar-refractivity contribution in [3.63, 3.8) is 0 Å². The predicted molar refractivity (Wildman–Crippen MR) is 100 cm³/mol. The molecule has 0 aliphatic carbocycles. The maximum absolute atomic E-state index is 12.2. The van der Waals surface area contributed by atoms with E-state index < -0.39 is 0 Å². The van der Waals surface area contributed by atoms with Gasteiger partial charge in [-0.2, -0.15) is 0 Å². The average Bonchev–Trinajstić information content (AvgIpc) is 3.05. The summed E-state index contributed by atoms with van der Waals surface area (Å²) in [4.78, 5) is 25.7. The van der Waals surface area contributed by atoms with Crippen molar-refractivity contribution < 1.29 is 14.3 Å². The first-order valence-corrected chi connectivity index (χ1v) is 8.97. The number of nitrogens with one attached hydrogen (secondary N) is 1. The fourth-order valence-corrected chi connectivity index (χ4v) is 3.00. The normalized spacial score (nSPS) is 13.7. The monoisotopic (exact) mass is 352 g/mol. The van der Waals surface area contributed by atoms with Crippen LogP contribution in [-0.4, -0.2) is 36.4 Å². The lowest BCUT2D eigenvalue weighted by atomic mass is 10.1. The largest absolute Gasteiger partial charge is 0.491 e. The molecule has 136 valence electrons. The first-order valence-electron chi connectivity index (χ1n) is 8.97. The molecule has 26 heavy (non-hydrogen) atoms. The zero-order chi connectivity index (χ0) is 18.4. The van der Waals surface area contributed by atoms with Crippen LogP contribution in [0, 0.1) is 6.92 Å². The SMILES string of the molecule is Cc1ccccc1OCCNC(=O)c1ccc(CN2CCCC2=O)cc1. The Balaban J connectivity index is 1.44. The summed E-state index contributed by atoms with van der Waals surface area (Å²) in [6, 6.07) is 15.2. The van der Waals surface area contributed by atoms with Crippen LogP contribution >= 0.6 is 0 Å². The van der Waals surface area contributed by atoms with Crippen molar-refractivity contribution in [3.8, 4) is 5.75 Å². The molecule has 0 spiro atoms. The molecule has 5 nitrogen and oxygen atoms in total. The lowest BCUT2D eigenvalue weighted by molar-refractivity contribution is -0.128. The molecule has 0 aromatic heterocycles. The second-order valence-electron chi connectivity index (χ2n) is 6.49. The Hall–Kier alpha value is -2.82. The van der Waals surface area contributed by atoms with E-state index in [1.54, 1.807) is 12.1 Å². The molecule has 0 saturated carbocycles.